The van der Waals surface area contributed by atoms with E-state index in [0.29, 0.717) is 0 Å². The highest BCUT2D eigenvalue weighted by Crippen LogP contribution is 2.38. The van der Waals surface area contributed by atoms with E-state index < -0.39 is 0 Å². The molecule has 1 saturated carbocycles. The monoisotopic (exact) mass is 294 g/mol. The minimum absolute atomic E-state index is 0.833. The van der Waals surface area contributed by atoms with Gasteiger partial charge in [-0.25, -0.2) is 0 Å². The van der Waals surface area contributed by atoms with Crippen molar-refractivity contribution in [2.45, 2.75) is 93.4 Å². The van der Waals surface area contributed by atoms with Crippen LogP contribution in [0, 0.1) is 41.4 Å². The van der Waals surface area contributed by atoms with Crippen LogP contribution in [0.2, 0.25) is 0 Å². The molecule has 1 aliphatic carbocycles. The first-order valence-corrected chi connectivity index (χ1v) is 9.81. The Morgan fingerprint density at radius 1 is 0.762 bits per heavy atom. The van der Waals surface area contributed by atoms with Crippen molar-refractivity contribution in [3.63, 3.8) is 0 Å². The molecule has 0 aliphatic heterocycles. The fourth-order valence-electron chi connectivity index (χ4n) is 4.61. The van der Waals surface area contributed by atoms with Crippen LogP contribution in [-0.4, -0.2) is 0 Å². The van der Waals surface area contributed by atoms with Crippen LogP contribution >= 0.6 is 0 Å². The van der Waals surface area contributed by atoms with Gasteiger partial charge in [0.05, 0.1) is 0 Å². The van der Waals surface area contributed by atoms with Crippen LogP contribution in [0.3, 0.4) is 0 Å². The smallest absolute Gasteiger partial charge is 0.0360 e. The molecule has 0 spiro atoms. The summed E-state index contributed by atoms with van der Waals surface area (Å²) in [4.78, 5) is 0. The molecule has 6 atom stereocenters. The van der Waals surface area contributed by atoms with Crippen LogP contribution in [0.25, 0.3) is 0 Å². The predicted molar refractivity (Wildman–Crippen MR) is 96.5 cm³/mol. The van der Waals surface area contributed by atoms with Crippen LogP contribution in [0.5, 0.6) is 0 Å². The van der Waals surface area contributed by atoms with E-state index >= 15 is 0 Å². The summed E-state index contributed by atoms with van der Waals surface area (Å²) in [6.07, 6.45) is 10.2. The first kappa shape index (κ1) is 19.0. The van der Waals surface area contributed by atoms with Crippen molar-refractivity contribution < 1.29 is 0 Å². The van der Waals surface area contributed by atoms with Crippen LogP contribution in [0.1, 0.15) is 93.4 Å². The summed E-state index contributed by atoms with van der Waals surface area (Å²) in [7, 11) is 0. The third-order valence-electron chi connectivity index (χ3n) is 6.43. The van der Waals surface area contributed by atoms with Gasteiger partial charge in [0, 0.05) is 0 Å². The largest absolute Gasteiger partial charge is 0.0625 e. The van der Waals surface area contributed by atoms with Gasteiger partial charge >= 0.3 is 0 Å². The third-order valence-corrected chi connectivity index (χ3v) is 6.43. The standard InChI is InChI=1S/C21H42/c1-15(2)19(6)14-21-18(5)11-9-8-10-16(3)12-17(4)13-20(21)7/h15-21H,8-14H2,1-7H3. The second kappa shape index (κ2) is 9.21. The highest BCUT2D eigenvalue weighted by atomic mass is 14.3. The quantitative estimate of drug-likeness (QED) is 0.517. The fourth-order valence-corrected chi connectivity index (χ4v) is 4.61. The lowest BCUT2D eigenvalue weighted by atomic mass is 9.71. The molecule has 0 aromatic heterocycles. The molecule has 1 rings (SSSR count). The molecule has 0 aromatic carbocycles. The van der Waals surface area contributed by atoms with Crippen LogP contribution in [-0.2, 0) is 0 Å². The summed E-state index contributed by atoms with van der Waals surface area (Å²) < 4.78 is 0. The molecule has 0 heterocycles. The van der Waals surface area contributed by atoms with Crippen molar-refractivity contribution in [2.75, 3.05) is 0 Å². The van der Waals surface area contributed by atoms with Gasteiger partial charge < -0.3 is 0 Å². The Bertz CT molecular complexity index is 267. The molecule has 1 fully saturated rings. The van der Waals surface area contributed by atoms with E-state index in [9.17, 15) is 0 Å². The first-order valence-electron chi connectivity index (χ1n) is 9.81. The first-order chi connectivity index (χ1) is 9.81. The maximum Gasteiger partial charge on any atom is -0.0360 e. The molecule has 0 aromatic rings. The van der Waals surface area contributed by atoms with Gasteiger partial charge in [0.1, 0.15) is 0 Å². The van der Waals surface area contributed by atoms with Crippen molar-refractivity contribution in [1.82, 2.24) is 0 Å². The zero-order valence-corrected chi connectivity index (χ0v) is 16.0. The van der Waals surface area contributed by atoms with E-state index in [1.165, 1.54) is 44.9 Å². The van der Waals surface area contributed by atoms with E-state index in [1.54, 1.807) is 0 Å². The molecule has 6 unspecified atom stereocenters. The third kappa shape index (κ3) is 6.74. The summed E-state index contributed by atoms with van der Waals surface area (Å²) in [5, 5.41) is 0. The van der Waals surface area contributed by atoms with Crippen molar-refractivity contribution in [3.8, 4) is 0 Å². The highest BCUT2D eigenvalue weighted by molar-refractivity contribution is 4.78. The van der Waals surface area contributed by atoms with Gasteiger partial charge in [-0.3, -0.25) is 0 Å². The molecule has 126 valence electrons. The van der Waals surface area contributed by atoms with E-state index in [2.05, 4.69) is 48.5 Å². The summed E-state index contributed by atoms with van der Waals surface area (Å²) in [6, 6.07) is 0. The molecule has 0 nitrogen and oxygen atoms in total. The van der Waals surface area contributed by atoms with Gasteiger partial charge in [-0.2, -0.15) is 0 Å². The molecule has 1 aliphatic rings. The summed E-state index contributed by atoms with van der Waals surface area (Å²) in [5.74, 6) is 6.33. The zero-order chi connectivity index (χ0) is 16.0. The lowest BCUT2D eigenvalue weighted by molar-refractivity contribution is 0.160. The Balaban J connectivity index is 2.74. The lowest BCUT2D eigenvalue weighted by Crippen LogP contribution is -2.25. The molecular weight excluding hydrogens is 252 g/mol. The number of hydrogen-bond donors (Lipinski definition) is 0. The van der Waals surface area contributed by atoms with E-state index in [1.807, 2.05) is 0 Å². The fraction of sp³-hybridized carbons (Fsp3) is 1.00. The van der Waals surface area contributed by atoms with E-state index in [-0.39, 0.29) is 0 Å². The Morgan fingerprint density at radius 2 is 1.38 bits per heavy atom. The summed E-state index contributed by atoms with van der Waals surface area (Å²) in [5.41, 5.74) is 0. The lowest BCUT2D eigenvalue weighted by Gasteiger charge is -2.34. The van der Waals surface area contributed by atoms with Crippen molar-refractivity contribution in [2.24, 2.45) is 41.4 Å². The molecule has 0 amide bonds. The number of hydrogen-bond acceptors (Lipinski definition) is 0. The summed E-state index contributed by atoms with van der Waals surface area (Å²) >= 11 is 0. The second-order valence-corrected chi connectivity index (χ2v) is 9.04. The van der Waals surface area contributed by atoms with Crippen molar-refractivity contribution >= 4 is 0 Å². The predicted octanol–water partition coefficient (Wildman–Crippen LogP) is 7.18. The van der Waals surface area contributed by atoms with Crippen molar-refractivity contribution in [1.29, 1.82) is 0 Å². The Kier molecular flexibility index (Phi) is 8.35. The molecule has 0 radical (unpaired) electrons. The molecule has 0 bridgehead atoms. The molecule has 21 heavy (non-hydrogen) atoms. The Hall–Kier alpha value is 0. The molecular formula is C21H42. The second-order valence-electron chi connectivity index (χ2n) is 9.04. The SMILES string of the molecule is CC1CCCCC(C)C(CC(C)C(C)C)C(C)CC(C)C1. The van der Waals surface area contributed by atoms with Gasteiger partial charge in [-0.05, 0) is 60.7 Å². The molecule has 0 N–H and O–H groups in total. The van der Waals surface area contributed by atoms with Gasteiger partial charge in [0.15, 0.2) is 0 Å². The maximum absolute atomic E-state index is 2.55. The molecule has 0 saturated heterocycles. The van der Waals surface area contributed by atoms with Gasteiger partial charge in [-0.15, -0.1) is 0 Å². The van der Waals surface area contributed by atoms with Gasteiger partial charge in [-0.1, -0.05) is 74.1 Å². The Morgan fingerprint density at radius 3 is 2.00 bits per heavy atom. The molecule has 0 heteroatoms. The van der Waals surface area contributed by atoms with Crippen LogP contribution < -0.4 is 0 Å². The van der Waals surface area contributed by atoms with Crippen molar-refractivity contribution in [3.05, 3.63) is 0 Å². The Labute approximate surface area is 135 Å². The van der Waals surface area contributed by atoms with E-state index in [4.69, 9.17) is 0 Å². The average Bonchev–Trinajstić information content (AvgIpc) is 2.40. The normalized spacial score (nSPS) is 38.0. The minimum Gasteiger partial charge on any atom is -0.0625 e. The van der Waals surface area contributed by atoms with Crippen LogP contribution in [0.4, 0.5) is 0 Å². The van der Waals surface area contributed by atoms with Crippen LogP contribution in [0.15, 0.2) is 0 Å². The van der Waals surface area contributed by atoms with E-state index in [0.717, 1.165) is 41.4 Å². The average molecular weight is 295 g/mol. The van der Waals surface area contributed by atoms with Gasteiger partial charge in [0.25, 0.3) is 0 Å². The minimum atomic E-state index is 0.833. The number of rotatable bonds is 3. The zero-order valence-electron chi connectivity index (χ0n) is 16.0. The highest BCUT2D eigenvalue weighted by Gasteiger charge is 2.28. The topological polar surface area (TPSA) is 0 Å². The summed E-state index contributed by atoms with van der Waals surface area (Å²) in [6.45, 7) is 17.3. The maximum atomic E-state index is 2.55. The van der Waals surface area contributed by atoms with Gasteiger partial charge in [0.2, 0.25) is 0 Å².